The van der Waals surface area contributed by atoms with Crippen molar-refractivity contribution in [3.63, 3.8) is 0 Å². The molecule has 3 rings (SSSR count). The molecular weight excluding hydrogens is 361 g/mol. The summed E-state index contributed by atoms with van der Waals surface area (Å²) >= 11 is 6.44. The van der Waals surface area contributed by atoms with E-state index in [2.05, 4.69) is 4.74 Å². The van der Waals surface area contributed by atoms with Gasteiger partial charge in [0.15, 0.2) is 4.32 Å². The van der Waals surface area contributed by atoms with Gasteiger partial charge >= 0.3 is 5.97 Å². The Kier molecular flexibility index (Phi) is 4.96. The number of carbonyl (C=O) groups is 2. The highest BCUT2D eigenvalue weighted by Gasteiger charge is 2.33. The smallest absolute Gasteiger partial charge is 0.337 e. The molecule has 1 amide bonds. The maximum Gasteiger partial charge on any atom is 0.337 e. The van der Waals surface area contributed by atoms with Crippen LogP contribution in [0.2, 0.25) is 0 Å². The van der Waals surface area contributed by atoms with Gasteiger partial charge in [0, 0.05) is 0 Å². The number of hydrogen-bond acceptors (Lipinski definition) is 5. The van der Waals surface area contributed by atoms with Gasteiger partial charge in [-0.05, 0) is 48.0 Å². The highest BCUT2D eigenvalue weighted by Crippen LogP contribution is 2.36. The first-order valence-electron chi connectivity index (χ1n) is 7.21. The van der Waals surface area contributed by atoms with Gasteiger partial charge in [-0.3, -0.25) is 9.69 Å². The van der Waals surface area contributed by atoms with Crippen LogP contribution in [0.5, 0.6) is 0 Å². The van der Waals surface area contributed by atoms with Gasteiger partial charge in [0.25, 0.3) is 5.91 Å². The van der Waals surface area contributed by atoms with Crippen molar-refractivity contribution in [1.82, 2.24) is 0 Å². The number of rotatable bonds is 3. The average Bonchev–Trinajstić information content (AvgIpc) is 2.89. The summed E-state index contributed by atoms with van der Waals surface area (Å²) in [6.45, 7) is 0. The van der Waals surface area contributed by atoms with Gasteiger partial charge in [-0.15, -0.1) is 0 Å². The molecule has 0 radical (unpaired) electrons. The summed E-state index contributed by atoms with van der Waals surface area (Å²) in [5.41, 5.74) is 1.71. The quantitative estimate of drug-likeness (QED) is 0.462. The first-order chi connectivity index (χ1) is 12.0. The van der Waals surface area contributed by atoms with Gasteiger partial charge in [-0.2, -0.15) is 0 Å². The van der Waals surface area contributed by atoms with Crippen LogP contribution < -0.4 is 4.90 Å². The highest BCUT2D eigenvalue weighted by molar-refractivity contribution is 8.27. The number of ether oxygens (including phenoxy) is 1. The zero-order valence-corrected chi connectivity index (χ0v) is 14.7. The summed E-state index contributed by atoms with van der Waals surface area (Å²) in [6, 6.07) is 12.3. The lowest BCUT2D eigenvalue weighted by atomic mass is 10.1. The minimum atomic E-state index is -0.422. The second-order valence-corrected chi connectivity index (χ2v) is 6.78. The van der Waals surface area contributed by atoms with E-state index in [9.17, 15) is 14.0 Å². The number of nitrogens with zero attached hydrogens (tertiary/aromatic N) is 1. The highest BCUT2D eigenvalue weighted by atomic mass is 32.2. The van der Waals surface area contributed by atoms with E-state index < -0.39 is 5.97 Å². The molecule has 126 valence electrons. The molecule has 0 aromatic heterocycles. The molecule has 1 saturated heterocycles. The number of anilines is 1. The lowest BCUT2D eigenvalue weighted by molar-refractivity contribution is -0.113. The molecule has 1 aliphatic heterocycles. The molecular formula is C18H12FNO3S2. The number of halogens is 1. The van der Waals surface area contributed by atoms with Crippen LogP contribution in [0, 0.1) is 5.82 Å². The number of thiocarbonyl (C=S) groups is 1. The van der Waals surface area contributed by atoms with Crippen molar-refractivity contribution in [2.75, 3.05) is 12.0 Å². The molecule has 2 aromatic carbocycles. The van der Waals surface area contributed by atoms with Crippen LogP contribution in [0.3, 0.4) is 0 Å². The van der Waals surface area contributed by atoms with Crippen molar-refractivity contribution < 1.29 is 18.7 Å². The molecule has 0 saturated carbocycles. The summed E-state index contributed by atoms with van der Waals surface area (Å²) < 4.78 is 18.1. The monoisotopic (exact) mass is 373 g/mol. The maximum atomic E-state index is 13.1. The number of esters is 1. The lowest BCUT2D eigenvalue weighted by Crippen LogP contribution is -2.27. The fourth-order valence-corrected chi connectivity index (χ4v) is 3.56. The maximum absolute atomic E-state index is 13.1. The van der Waals surface area contributed by atoms with Gasteiger partial charge in [-0.1, -0.05) is 36.1 Å². The largest absolute Gasteiger partial charge is 0.465 e. The molecule has 1 fully saturated rings. The minimum Gasteiger partial charge on any atom is -0.465 e. The molecule has 7 heteroatoms. The van der Waals surface area contributed by atoms with Crippen LogP contribution in [-0.4, -0.2) is 23.3 Å². The molecule has 0 unspecified atom stereocenters. The molecule has 2 aromatic rings. The van der Waals surface area contributed by atoms with E-state index in [4.69, 9.17) is 12.2 Å². The second kappa shape index (κ2) is 7.16. The number of thioether (sulfide) groups is 1. The van der Waals surface area contributed by atoms with E-state index in [-0.39, 0.29) is 11.7 Å². The number of amides is 1. The lowest BCUT2D eigenvalue weighted by Gasteiger charge is -2.14. The Morgan fingerprint density at radius 3 is 2.40 bits per heavy atom. The summed E-state index contributed by atoms with van der Waals surface area (Å²) in [4.78, 5) is 25.9. The Labute approximate surface area is 153 Å². The standard InChI is InChI=1S/C18H12FNO3S2/c1-23-17(22)12-4-2-11(3-5-12)10-15-16(21)20(18(24)25-15)14-8-6-13(19)7-9-14/h2-10H,1H3/b15-10-. The Hall–Kier alpha value is -2.51. The third-order valence-electron chi connectivity index (χ3n) is 3.51. The molecule has 1 aliphatic rings. The van der Waals surface area contributed by atoms with Crippen LogP contribution in [0.4, 0.5) is 10.1 Å². The van der Waals surface area contributed by atoms with Gasteiger partial charge in [-0.25, -0.2) is 9.18 Å². The van der Waals surface area contributed by atoms with Crippen molar-refractivity contribution in [3.05, 3.63) is 70.4 Å². The normalized spacial score (nSPS) is 15.8. The Bertz CT molecular complexity index is 876. The van der Waals surface area contributed by atoms with E-state index in [1.807, 2.05) is 0 Å². The fourth-order valence-electron chi connectivity index (χ4n) is 2.27. The van der Waals surface area contributed by atoms with Gasteiger partial charge in [0.1, 0.15) is 5.82 Å². The molecule has 0 bridgehead atoms. The van der Waals surface area contributed by atoms with Crippen LogP contribution >= 0.6 is 24.0 Å². The van der Waals surface area contributed by atoms with Crippen LogP contribution in [-0.2, 0) is 9.53 Å². The third kappa shape index (κ3) is 3.62. The van der Waals surface area contributed by atoms with E-state index in [1.54, 1.807) is 30.3 Å². The summed E-state index contributed by atoms with van der Waals surface area (Å²) in [6.07, 6.45) is 1.70. The number of benzene rings is 2. The van der Waals surface area contributed by atoms with Gasteiger partial charge < -0.3 is 4.74 Å². The Morgan fingerprint density at radius 1 is 1.16 bits per heavy atom. The van der Waals surface area contributed by atoms with Crippen LogP contribution in [0.25, 0.3) is 6.08 Å². The predicted molar refractivity (Wildman–Crippen MR) is 99.8 cm³/mol. The summed E-state index contributed by atoms with van der Waals surface area (Å²) in [7, 11) is 1.32. The number of hydrogen-bond donors (Lipinski definition) is 0. The topological polar surface area (TPSA) is 46.6 Å². The van der Waals surface area contributed by atoms with Crippen molar-refractivity contribution in [2.45, 2.75) is 0 Å². The second-order valence-electron chi connectivity index (χ2n) is 5.11. The van der Waals surface area contributed by atoms with Gasteiger partial charge in [0.2, 0.25) is 0 Å². The molecule has 0 atom stereocenters. The first kappa shape index (κ1) is 17.3. The van der Waals surface area contributed by atoms with E-state index in [0.717, 1.165) is 5.56 Å². The predicted octanol–water partition coefficient (Wildman–Crippen LogP) is 4.02. The van der Waals surface area contributed by atoms with Crippen LogP contribution in [0.1, 0.15) is 15.9 Å². The Morgan fingerprint density at radius 2 is 1.80 bits per heavy atom. The molecule has 1 heterocycles. The molecule has 4 nitrogen and oxygen atoms in total. The van der Waals surface area contributed by atoms with Crippen molar-refractivity contribution in [2.24, 2.45) is 0 Å². The third-order valence-corrected chi connectivity index (χ3v) is 4.81. The first-order valence-corrected chi connectivity index (χ1v) is 8.44. The number of methoxy groups -OCH3 is 1. The molecule has 0 N–H and O–H groups in total. The van der Waals surface area contributed by atoms with Crippen molar-refractivity contribution in [3.8, 4) is 0 Å². The van der Waals surface area contributed by atoms with Crippen molar-refractivity contribution >= 4 is 51.9 Å². The van der Waals surface area contributed by atoms with Crippen LogP contribution in [0.15, 0.2) is 53.4 Å². The average molecular weight is 373 g/mol. The van der Waals surface area contributed by atoms with E-state index in [0.29, 0.717) is 20.5 Å². The van der Waals surface area contributed by atoms with E-state index >= 15 is 0 Å². The molecule has 25 heavy (non-hydrogen) atoms. The van der Waals surface area contributed by atoms with E-state index in [1.165, 1.54) is 48.0 Å². The number of carbonyl (C=O) groups excluding carboxylic acids is 2. The summed E-state index contributed by atoms with van der Waals surface area (Å²) in [5, 5.41) is 0. The van der Waals surface area contributed by atoms with Gasteiger partial charge in [0.05, 0.1) is 23.3 Å². The zero-order chi connectivity index (χ0) is 18.0. The fraction of sp³-hybridized carbons (Fsp3) is 0.0556. The zero-order valence-electron chi connectivity index (χ0n) is 13.1. The minimum absolute atomic E-state index is 0.265. The van der Waals surface area contributed by atoms with Crippen molar-refractivity contribution in [1.29, 1.82) is 0 Å². The molecule has 0 spiro atoms. The SMILES string of the molecule is COC(=O)c1ccc(/C=C2\SC(=S)N(c3ccc(F)cc3)C2=O)cc1. The Balaban J connectivity index is 1.85. The summed E-state index contributed by atoms with van der Waals surface area (Å²) in [5.74, 6) is -1.07. The molecule has 0 aliphatic carbocycles.